The maximum atomic E-state index is 12.4. The van der Waals surface area contributed by atoms with Crippen LogP contribution in [0.5, 0.6) is 0 Å². The number of amides is 1. The molecule has 3 aliphatic rings. The van der Waals surface area contributed by atoms with Gasteiger partial charge in [0.1, 0.15) is 5.82 Å². The van der Waals surface area contributed by atoms with Crippen LogP contribution < -0.4 is 4.90 Å². The molecular formula is C18H25N3O. The van der Waals surface area contributed by atoms with E-state index in [1.807, 2.05) is 12.3 Å². The second kappa shape index (κ2) is 5.56. The van der Waals surface area contributed by atoms with Crippen LogP contribution in [0.3, 0.4) is 0 Å². The van der Waals surface area contributed by atoms with Gasteiger partial charge in [-0.25, -0.2) is 4.98 Å². The van der Waals surface area contributed by atoms with Gasteiger partial charge in [-0.1, -0.05) is 6.07 Å². The fraction of sp³-hybridized carbons (Fsp3) is 0.667. The van der Waals surface area contributed by atoms with Crippen molar-refractivity contribution in [3.8, 4) is 0 Å². The quantitative estimate of drug-likeness (QED) is 0.861. The van der Waals surface area contributed by atoms with Crippen molar-refractivity contribution < 1.29 is 4.79 Å². The summed E-state index contributed by atoms with van der Waals surface area (Å²) in [4.78, 5) is 21.5. The number of anilines is 1. The number of likely N-dealkylation sites (tertiary alicyclic amines) is 1. The lowest BCUT2D eigenvalue weighted by Gasteiger charge is -2.38. The minimum absolute atomic E-state index is 0.142. The average Bonchev–Trinajstić information content (AvgIpc) is 3.34. The summed E-state index contributed by atoms with van der Waals surface area (Å²) in [5.41, 5.74) is 0.142. The van der Waals surface area contributed by atoms with E-state index >= 15 is 0 Å². The van der Waals surface area contributed by atoms with Crippen LogP contribution in [0.1, 0.15) is 44.9 Å². The Hall–Kier alpha value is -1.58. The SMILES string of the molecule is O=C1CCC2(CCCN(c3ccccn3)CC2)N1CC1CC1. The predicted molar refractivity (Wildman–Crippen MR) is 86.7 cm³/mol. The van der Waals surface area contributed by atoms with Crippen LogP contribution in [0.25, 0.3) is 0 Å². The molecule has 2 saturated heterocycles. The van der Waals surface area contributed by atoms with Gasteiger partial charge in [-0.15, -0.1) is 0 Å². The van der Waals surface area contributed by atoms with Crippen molar-refractivity contribution in [3.63, 3.8) is 0 Å². The third kappa shape index (κ3) is 2.59. The number of hydrogen-bond acceptors (Lipinski definition) is 3. The molecule has 1 spiro atoms. The second-order valence-electron chi connectivity index (χ2n) is 7.20. The topological polar surface area (TPSA) is 36.4 Å². The Labute approximate surface area is 132 Å². The van der Waals surface area contributed by atoms with E-state index in [1.54, 1.807) is 0 Å². The van der Waals surface area contributed by atoms with E-state index in [-0.39, 0.29) is 5.54 Å². The van der Waals surface area contributed by atoms with Crippen LogP contribution >= 0.6 is 0 Å². The molecule has 1 saturated carbocycles. The van der Waals surface area contributed by atoms with Gasteiger partial charge in [0.15, 0.2) is 0 Å². The summed E-state index contributed by atoms with van der Waals surface area (Å²) in [5.74, 6) is 2.27. The molecule has 4 rings (SSSR count). The molecule has 4 nitrogen and oxygen atoms in total. The second-order valence-corrected chi connectivity index (χ2v) is 7.20. The molecule has 1 amide bonds. The summed E-state index contributed by atoms with van der Waals surface area (Å²) >= 11 is 0. The third-order valence-electron chi connectivity index (χ3n) is 5.71. The van der Waals surface area contributed by atoms with E-state index < -0.39 is 0 Å². The smallest absolute Gasteiger partial charge is 0.223 e. The van der Waals surface area contributed by atoms with Gasteiger partial charge in [0.25, 0.3) is 0 Å². The van der Waals surface area contributed by atoms with Crippen molar-refractivity contribution in [2.24, 2.45) is 5.92 Å². The largest absolute Gasteiger partial charge is 0.357 e. The average molecular weight is 299 g/mol. The minimum Gasteiger partial charge on any atom is -0.357 e. The van der Waals surface area contributed by atoms with Crippen molar-refractivity contribution in [2.75, 3.05) is 24.5 Å². The Morgan fingerprint density at radius 1 is 1.18 bits per heavy atom. The monoisotopic (exact) mass is 299 g/mol. The zero-order valence-corrected chi connectivity index (χ0v) is 13.2. The highest BCUT2D eigenvalue weighted by molar-refractivity contribution is 5.79. The molecule has 0 aromatic carbocycles. The number of carbonyl (C=O) groups excluding carboxylic acids is 1. The Kier molecular flexibility index (Phi) is 3.55. The molecule has 1 aliphatic carbocycles. The van der Waals surface area contributed by atoms with E-state index in [2.05, 4.69) is 26.9 Å². The van der Waals surface area contributed by atoms with Gasteiger partial charge in [-0.2, -0.15) is 0 Å². The predicted octanol–water partition coefficient (Wildman–Crippen LogP) is 2.84. The molecule has 1 aromatic heterocycles. The van der Waals surface area contributed by atoms with Gasteiger partial charge in [-0.3, -0.25) is 4.79 Å². The fourth-order valence-corrected chi connectivity index (χ4v) is 4.20. The summed E-state index contributed by atoms with van der Waals surface area (Å²) in [6.45, 7) is 3.10. The van der Waals surface area contributed by atoms with Gasteiger partial charge in [-0.05, 0) is 56.6 Å². The van der Waals surface area contributed by atoms with Gasteiger partial charge in [0, 0.05) is 37.8 Å². The molecule has 22 heavy (non-hydrogen) atoms. The normalized spacial score (nSPS) is 29.2. The van der Waals surface area contributed by atoms with Crippen LogP contribution in [0.15, 0.2) is 24.4 Å². The van der Waals surface area contributed by atoms with E-state index in [0.29, 0.717) is 5.91 Å². The van der Waals surface area contributed by atoms with Crippen LogP contribution in [-0.2, 0) is 4.79 Å². The molecule has 1 atom stereocenters. The highest BCUT2D eigenvalue weighted by atomic mass is 16.2. The zero-order chi connectivity index (χ0) is 15.0. The molecule has 3 heterocycles. The van der Waals surface area contributed by atoms with Gasteiger partial charge < -0.3 is 9.80 Å². The molecule has 0 bridgehead atoms. The lowest BCUT2D eigenvalue weighted by Crippen LogP contribution is -2.47. The van der Waals surface area contributed by atoms with Crippen molar-refractivity contribution in [1.82, 2.24) is 9.88 Å². The number of nitrogens with zero attached hydrogens (tertiary/aromatic N) is 3. The first-order valence-corrected chi connectivity index (χ1v) is 8.73. The molecule has 1 unspecified atom stereocenters. The maximum Gasteiger partial charge on any atom is 0.223 e. The number of aromatic nitrogens is 1. The van der Waals surface area contributed by atoms with Crippen LogP contribution in [-0.4, -0.2) is 41.0 Å². The highest BCUT2D eigenvalue weighted by Crippen LogP contribution is 2.42. The van der Waals surface area contributed by atoms with Gasteiger partial charge in [0.2, 0.25) is 5.91 Å². The number of rotatable bonds is 3. The molecule has 1 aromatic rings. The third-order valence-corrected chi connectivity index (χ3v) is 5.71. The first-order chi connectivity index (χ1) is 10.8. The number of hydrogen-bond donors (Lipinski definition) is 0. The molecule has 0 radical (unpaired) electrons. The summed E-state index contributed by atoms with van der Waals surface area (Å²) in [5, 5.41) is 0. The summed E-state index contributed by atoms with van der Waals surface area (Å²) in [6, 6.07) is 6.12. The molecule has 0 N–H and O–H groups in total. The van der Waals surface area contributed by atoms with Gasteiger partial charge >= 0.3 is 0 Å². The fourth-order valence-electron chi connectivity index (χ4n) is 4.20. The number of carbonyl (C=O) groups is 1. The first-order valence-electron chi connectivity index (χ1n) is 8.73. The first kappa shape index (κ1) is 14.0. The Balaban J connectivity index is 1.50. The Morgan fingerprint density at radius 3 is 2.86 bits per heavy atom. The van der Waals surface area contributed by atoms with Crippen LogP contribution in [0.4, 0.5) is 5.82 Å². The van der Waals surface area contributed by atoms with E-state index in [9.17, 15) is 4.79 Å². The lowest BCUT2D eigenvalue weighted by atomic mass is 9.87. The summed E-state index contributed by atoms with van der Waals surface area (Å²) in [6.07, 6.45) is 9.75. The van der Waals surface area contributed by atoms with E-state index in [4.69, 9.17) is 0 Å². The molecule has 2 aliphatic heterocycles. The highest BCUT2D eigenvalue weighted by Gasteiger charge is 2.47. The number of pyridine rings is 1. The van der Waals surface area contributed by atoms with Crippen molar-refractivity contribution >= 4 is 11.7 Å². The molecule has 3 fully saturated rings. The molecule has 118 valence electrons. The van der Waals surface area contributed by atoms with Crippen molar-refractivity contribution in [3.05, 3.63) is 24.4 Å². The maximum absolute atomic E-state index is 12.4. The summed E-state index contributed by atoms with van der Waals surface area (Å²) < 4.78 is 0. The molecule has 4 heteroatoms. The Bertz CT molecular complexity index is 543. The molecular weight excluding hydrogens is 274 g/mol. The minimum atomic E-state index is 0.142. The zero-order valence-electron chi connectivity index (χ0n) is 13.2. The van der Waals surface area contributed by atoms with E-state index in [1.165, 1.54) is 12.8 Å². The van der Waals surface area contributed by atoms with Crippen LogP contribution in [0, 0.1) is 5.92 Å². The van der Waals surface area contributed by atoms with Crippen LogP contribution in [0.2, 0.25) is 0 Å². The Morgan fingerprint density at radius 2 is 2.09 bits per heavy atom. The van der Waals surface area contributed by atoms with Crippen molar-refractivity contribution in [1.29, 1.82) is 0 Å². The van der Waals surface area contributed by atoms with E-state index in [0.717, 1.165) is 63.5 Å². The summed E-state index contributed by atoms with van der Waals surface area (Å²) in [7, 11) is 0. The standard InChI is InChI=1S/C18H25N3O/c22-17-7-9-18(21(17)14-15-5-6-15)8-3-12-20(13-10-18)16-4-1-2-11-19-16/h1-2,4,11,15H,3,5-10,12-14H2. The van der Waals surface area contributed by atoms with Gasteiger partial charge in [0.05, 0.1) is 0 Å². The van der Waals surface area contributed by atoms with Crippen molar-refractivity contribution in [2.45, 2.75) is 50.5 Å². The lowest BCUT2D eigenvalue weighted by molar-refractivity contribution is -0.131.